The van der Waals surface area contributed by atoms with E-state index in [4.69, 9.17) is 4.55 Å². The van der Waals surface area contributed by atoms with Crippen LogP contribution in [0.3, 0.4) is 0 Å². The lowest BCUT2D eigenvalue weighted by Gasteiger charge is -2.07. The van der Waals surface area contributed by atoms with E-state index >= 15 is 0 Å². The molecule has 0 heterocycles. The van der Waals surface area contributed by atoms with Crippen LogP contribution in [-0.2, 0) is 11.3 Å². The van der Waals surface area contributed by atoms with E-state index < -0.39 is 11.3 Å². The highest BCUT2D eigenvalue weighted by atomic mass is 32.2. The van der Waals surface area contributed by atoms with Gasteiger partial charge in [0, 0.05) is 13.1 Å². The minimum atomic E-state index is -1.86. The molecule has 0 fully saturated rings. The normalized spacial score (nSPS) is 14.2. The average molecular weight is 152 g/mol. The van der Waals surface area contributed by atoms with E-state index in [9.17, 15) is 4.21 Å². The third-order valence-corrected chi connectivity index (χ3v) is 1.24. The molecule has 0 aliphatic carbocycles. The number of hydrogen-bond acceptors (Lipinski definition) is 2. The molecule has 5 heteroatoms. The standard InChI is InChI=1S/C4H12N2O2S/c1-6(2)4-3-5-9(7)8/h5H,3-4H2,1-2H3,(H,7,8). The summed E-state index contributed by atoms with van der Waals surface area (Å²) >= 11 is -1.86. The molecule has 0 amide bonds. The maximum Gasteiger partial charge on any atom is 0.231 e. The lowest BCUT2D eigenvalue weighted by molar-refractivity contribution is 0.411. The van der Waals surface area contributed by atoms with Crippen molar-refractivity contribution in [1.29, 1.82) is 0 Å². The molecule has 0 saturated heterocycles. The number of rotatable bonds is 4. The van der Waals surface area contributed by atoms with Gasteiger partial charge in [0.25, 0.3) is 0 Å². The van der Waals surface area contributed by atoms with Gasteiger partial charge in [-0.25, -0.2) is 8.93 Å². The Hall–Kier alpha value is 0.0300. The average Bonchev–Trinajstić information content (AvgIpc) is 1.63. The fraction of sp³-hybridized carbons (Fsp3) is 1.00. The van der Waals surface area contributed by atoms with E-state index in [2.05, 4.69) is 4.72 Å². The molecule has 56 valence electrons. The van der Waals surface area contributed by atoms with Crippen LogP contribution in [0.5, 0.6) is 0 Å². The molecule has 0 aliphatic heterocycles. The highest BCUT2D eigenvalue weighted by Gasteiger charge is 1.91. The molecule has 1 unspecified atom stereocenters. The van der Waals surface area contributed by atoms with Crippen molar-refractivity contribution in [2.75, 3.05) is 27.2 Å². The van der Waals surface area contributed by atoms with Gasteiger partial charge in [0.05, 0.1) is 0 Å². The number of nitrogens with zero attached hydrogens (tertiary/aromatic N) is 1. The van der Waals surface area contributed by atoms with Crippen molar-refractivity contribution in [3.8, 4) is 0 Å². The first-order valence-electron chi connectivity index (χ1n) is 2.62. The van der Waals surface area contributed by atoms with Gasteiger partial charge >= 0.3 is 0 Å². The summed E-state index contributed by atoms with van der Waals surface area (Å²) in [7, 11) is 3.81. The van der Waals surface area contributed by atoms with Gasteiger partial charge in [-0.1, -0.05) is 0 Å². The van der Waals surface area contributed by atoms with Crippen molar-refractivity contribution in [3.05, 3.63) is 0 Å². The first-order valence-corrected chi connectivity index (χ1v) is 3.72. The molecular formula is C4H12N2O2S. The zero-order chi connectivity index (χ0) is 7.28. The molecular weight excluding hydrogens is 140 g/mol. The molecule has 0 aromatic carbocycles. The maximum atomic E-state index is 9.96. The summed E-state index contributed by atoms with van der Waals surface area (Å²) in [5, 5.41) is 0. The summed E-state index contributed by atoms with van der Waals surface area (Å²) in [6, 6.07) is 0. The van der Waals surface area contributed by atoms with Crippen LogP contribution in [0.4, 0.5) is 0 Å². The van der Waals surface area contributed by atoms with Gasteiger partial charge in [0.2, 0.25) is 11.3 Å². The largest absolute Gasteiger partial charge is 0.308 e. The van der Waals surface area contributed by atoms with Crippen LogP contribution < -0.4 is 4.72 Å². The minimum absolute atomic E-state index is 0.538. The molecule has 1 atom stereocenters. The van der Waals surface area contributed by atoms with Gasteiger partial charge in [0.15, 0.2) is 0 Å². The van der Waals surface area contributed by atoms with E-state index in [1.165, 1.54) is 0 Å². The van der Waals surface area contributed by atoms with Gasteiger partial charge in [-0.15, -0.1) is 0 Å². The Morgan fingerprint density at radius 3 is 2.56 bits per heavy atom. The van der Waals surface area contributed by atoms with E-state index in [1.54, 1.807) is 0 Å². The summed E-state index contributed by atoms with van der Waals surface area (Å²) in [6.07, 6.45) is 0. The molecule has 0 spiro atoms. The quantitative estimate of drug-likeness (QED) is 0.522. The molecule has 9 heavy (non-hydrogen) atoms. The van der Waals surface area contributed by atoms with Gasteiger partial charge in [0.1, 0.15) is 0 Å². The number of nitrogens with one attached hydrogen (secondary N) is 1. The fourth-order valence-electron chi connectivity index (χ4n) is 0.357. The van der Waals surface area contributed by atoms with Crippen LogP contribution in [0.1, 0.15) is 0 Å². The Kier molecular flexibility index (Phi) is 4.88. The van der Waals surface area contributed by atoms with Crippen molar-refractivity contribution in [2.45, 2.75) is 0 Å². The first kappa shape index (κ1) is 9.03. The van der Waals surface area contributed by atoms with Crippen molar-refractivity contribution in [3.63, 3.8) is 0 Å². The second kappa shape index (κ2) is 4.87. The van der Waals surface area contributed by atoms with Crippen molar-refractivity contribution >= 4 is 11.3 Å². The summed E-state index contributed by atoms with van der Waals surface area (Å²) in [5.74, 6) is 0. The van der Waals surface area contributed by atoms with E-state index in [-0.39, 0.29) is 0 Å². The molecule has 0 saturated carbocycles. The van der Waals surface area contributed by atoms with Crippen molar-refractivity contribution < 1.29 is 8.76 Å². The van der Waals surface area contributed by atoms with Crippen LogP contribution in [0.15, 0.2) is 0 Å². The number of hydrogen-bond donors (Lipinski definition) is 2. The van der Waals surface area contributed by atoms with Crippen LogP contribution in [0.2, 0.25) is 0 Å². The maximum absolute atomic E-state index is 9.96. The van der Waals surface area contributed by atoms with E-state index in [0.717, 1.165) is 6.54 Å². The third kappa shape index (κ3) is 8.03. The molecule has 0 aliphatic rings. The lowest BCUT2D eigenvalue weighted by atomic mass is 10.6. The zero-order valence-electron chi connectivity index (χ0n) is 5.63. The molecule has 0 radical (unpaired) electrons. The molecule has 0 aromatic heterocycles. The Morgan fingerprint density at radius 2 is 2.22 bits per heavy atom. The molecule has 0 rings (SSSR count). The Bertz CT molecular complexity index is 96.6. The lowest BCUT2D eigenvalue weighted by Crippen LogP contribution is -2.27. The van der Waals surface area contributed by atoms with Crippen LogP contribution in [-0.4, -0.2) is 40.8 Å². The smallest absolute Gasteiger partial charge is 0.231 e. The predicted molar refractivity (Wildman–Crippen MR) is 37.3 cm³/mol. The summed E-state index contributed by atoms with van der Waals surface area (Å²) < 4.78 is 20.5. The second-order valence-corrected chi connectivity index (χ2v) is 2.73. The van der Waals surface area contributed by atoms with Gasteiger partial charge in [-0.2, -0.15) is 0 Å². The van der Waals surface area contributed by atoms with E-state index in [0.29, 0.717) is 6.54 Å². The monoisotopic (exact) mass is 152 g/mol. The summed E-state index contributed by atoms with van der Waals surface area (Å²) in [6.45, 7) is 1.31. The second-order valence-electron chi connectivity index (χ2n) is 1.95. The molecule has 0 aromatic rings. The van der Waals surface area contributed by atoms with Gasteiger partial charge in [-0.3, -0.25) is 4.55 Å². The van der Waals surface area contributed by atoms with Gasteiger partial charge in [-0.05, 0) is 14.1 Å². The highest BCUT2D eigenvalue weighted by molar-refractivity contribution is 7.77. The summed E-state index contributed by atoms with van der Waals surface area (Å²) in [5.41, 5.74) is 0. The first-order chi connectivity index (χ1) is 4.13. The fourth-order valence-corrected chi connectivity index (χ4v) is 0.622. The summed E-state index contributed by atoms with van der Waals surface area (Å²) in [4.78, 5) is 1.93. The predicted octanol–water partition coefficient (Wildman–Crippen LogP) is -0.726. The van der Waals surface area contributed by atoms with E-state index in [1.807, 2.05) is 19.0 Å². The zero-order valence-corrected chi connectivity index (χ0v) is 6.44. The number of likely N-dealkylation sites (N-methyl/N-ethyl adjacent to an activating group) is 1. The SMILES string of the molecule is CN(C)CCNS(=O)O. The topological polar surface area (TPSA) is 52.6 Å². The van der Waals surface area contributed by atoms with Gasteiger partial charge < -0.3 is 4.90 Å². The van der Waals surface area contributed by atoms with Crippen LogP contribution in [0, 0.1) is 0 Å². The highest BCUT2D eigenvalue weighted by Crippen LogP contribution is 1.70. The van der Waals surface area contributed by atoms with Crippen LogP contribution in [0.25, 0.3) is 0 Å². The Labute approximate surface area is 57.7 Å². The van der Waals surface area contributed by atoms with Crippen molar-refractivity contribution in [2.24, 2.45) is 0 Å². The molecule has 4 nitrogen and oxygen atoms in total. The Balaban J connectivity index is 3.01. The molecule has 2 N–H and O–H groups in total. The third-order valence-electron chi connectivity index (χ3n) is 0.785. The minimum Gasteiger partial charge on any atom is -0.308 e. The Morgan fingerprint density at radius 1 is 1.67 bits per heavy atom. The van der Waals surface area contributed by atoms with Crippen LogP contribution >= 0.6 is 0 Å². The molecule has 0 bridgehead atoms. The van der Waals surface area contributed by atoms with Crippen molar-refractivity contribution in [1.82, 2.24) is 9.62 Å².